The van der Waals surface area contributed by atoms with Crippen molar-refractivity contribution in [3.05, 3.63) is 29.3 Å². The monoisotopic (exact) mass is 219 g/mol. The first-order valence-electron chi connectivity index (χ1n) is 6.25. The van der Waals surface area contributed by atoms with Crippen LogP contribution in [-0.2, 0) is 6.42 Å². The highest BCUT2D eigenvalue weighted by Gasteiger charge is 2.19. The summed E-state index contributed by atoms with van der Waals surface area (Å²) in [5.74, 6) is 1.04. The van der Waals surface area contributed by atoms with Crippen molar-refractivity contribution in [2.24, 2.45) is 5.73 Å². The van der Waals surface area contributed by atoms with Crippen molar-refractivity contribution in [3.63, 3.8) is 0 Å². The zero-order chi connectivity index (χ0) is 11.5. The summed E-state index contributed by atoms with van der Waals surface area (Å²) in [6.07, 6.45) is 4.82. The fourth-order valence-corrected chi connectivity index (χ4v) is 2.26. The summed E-state index contributed by atoms with van der Waals surface area (Å²) in [5.41, 5.74) is 8.74. The molecule has 0 bridgehead atoms. The van der Waals surface area contributed by atoms with Crippen LogP contribution in [0.15, 0.2) is 18.2 Å². The van der Waals surface area contributed by atoms with E-state index in [1.54, 1.807) is 0 Å². The molecule has 0 saturated carbocycles. The first kappa shape index (κ1) is 11.5. The van der Waals surface area contributed by atoms with Crippen molar-refractivity contribution >= 4 is 0 Å². The van der Waals surface area contributed by atoms with Gasteiger partial charge in [-0.3, -0.25) is 0 Å². The van der Waals surface area contributed by atoms with E-state index in [1.165, 1.54) is 24.0 Å². The first-order chi connectivity index (χ1) is 7.70. The van der Waals surface area contributed by atoms with Gasteiger partial charge < -0.3 is 10.5 Å². The summed E-state index contributed by atoms with van der Waals surface area (Å²) in [7, 11) is 0. The number of benzene rings is 1. The molecule has 2 heteroatoms. The largest absolute Gasteiger partial charge is 0.490 e. The van der Waals surface area contributed by atoms with Crippen molar-refractivity contribution in [1.82, 2.24) is 0 Å². The van der Waals surface area contributed by atoms with Gasteiger partial charge in [0, 0.05) is 12.5 Å². The predicted octanol–water partition coefficient (Wildman–Crippen LogP) is 3.20. The number of unbranched alkanes of at least 4 members (excludes halogenated alkanes) is 1. The van der Waals surface area contributed by atoms with Crippen molar-refractivity contribution in [1.29, 1.82) is 0 Å². The Labute approximate surface area is 97.8 Å². The van der Waals surface area contributed by atoms with E-state index in [9.17, 15) is 0 Å². The minimum absolute atomic E-state index is 0.182. The zero-order valence-electron chi connectivity index (χ0n) is 10.2. The Kier molecular flexibility index (Phi) is 3.49. The molecule has 1 aliphatic heterocycles. The summed E-state index contributed by atoms with van der Waals surface area (Å²) < 4.78 is 5.68. The van der Waals surface area contributed by atoms with Crippen molar-refractivity contribution in [2.75, 3.05) is 0 Å². The summed E-state index contributed by atoms with van der Waals surface area (Å²) in [5, 5.41) is 0. The number of ether oxygens (including phenoxy) is 1. The number of fused-ring (bicyclic) bond motifs is 1. The lowest BCUT2D eigenvalue weighted by molar-refractivity contribution is 0.254. The van der Waals surface area contributed by atoms with Gasteiger partial charge in [0.05, 0.1) is 0 Å². The molecule has 0 spiro atoms. The number of hydrogen-bond donors (Lipinski definition) is 1. The molecule has 2 rings (SSSR count). The van der Waals surface area contributed by atoms with Crippen LogP contribution in [0.2, 0.25) is 0 Å². The molecule has 0 aromatic heterocycles. The average molecular weight is 219 g/mol. The maximum Gasteiger partial charge on any atom is 0.123 e. The lowest BCUT2D eigenvalue weighted by Crippen LogP contribution is -2.10. The third-order valence-electron chi connectivity index (χ3n) is 3.22. The third kappa shape index (κ3) is 2.38. The highest BCUT2D eigenvalue weighted by Crippen LogP contribution is 2.31. The lowest BCUT2D eigenvalue weighted by atomic mass is 9.99. The van der Waals surface area contributed by atoms with Crippen molar-refractivity contribution in [2.45, 2.75) is 51.7 Å². The molecule has 2 unspecified atom stereocenters. The van der Waals surface area contributed by atoms with Crippen LogP contribution in [-0.4, -0.2) is 6.10 Å². The van der Waals surface area contributed by atoms with Crippen LogP contribution in [0.25, 0.3) is 0 Å². The molecule has 0 radical (unpaired) electrons. The molecule has 1 aliphatic rings. The lowest BCUT2D eigenvalue weighted by Gasteiger charge is -2.12. The number of hydrogen-bond acceptors (Lipinski definition) is 2. The SMILES string of the molecule is CCCCC(N)c1ccc2c(c1)CC(C)O2. The van der Waals surface area contributed by atoms with Gasteiger partial charge in [0.1, 0.15) is 11.9 Å². The van der Waals surface area contributed by atoms with E-state index in [4.69, 9.17) is 10.5 Å². The average Bonchev–Trinajstić information content (AvgIpc) is 2.64. The van der Waals surface area contributed by atoms with Gasteiger partial charge in [-0.2, -0.15) is 0 Å². The summed E-state index contributed by atoms with van der Waals surface area (Å²) >= 11 is 0. The predicted molar refractivity (Wildman–Crippen MR) is 66.7 cm³/mol. The van der Waals surface area contributed by atoms with Gasteiger partial charge in [-0.15, -0.1) is 0 Å². The fraction of sp³-hybridized carbons (Fsp3) is 0.571. The van der Waals surface area contributed by atoms with Crippen LogP contribution in [0.1, 0.15) is 50.3 Å². The van der Waals surface area contributed by atoms with Gasteiger partial charge in [0.25, 0.3) is 0 Å². The van der Waals surface area contributed by atoms with E-state index in [0.29, 0.717) is 6.10 Å². The Morgan fingerprint density at radius 3 is 3.06 bits per heavy atom. The molecule has 0 fully saturated rings. The second kappa shape index (κ2) is 4.88. The maximum absolute atomic E-state index is 6.17. The first-order valence-corrected chi connectivity index (χ1v) is 6.25. The van der Waals surface area contributed by atoms with Gasteiger partial charge in [-0.1, -0.05) is 31.9 Å². The van der Waals surface area contributed by atoms with Gasteiger partial charge in [-0.25, -0.2) is 0 Å². The maximum atomic E-state index is 6.17. The van der Waals surface area contributed by atoms with Crippen LogP contribution in [0, 0.1) is 0 Å². The van der Waals surface area contributed by atoms with Gasteiger partial charge in [-0.05, 0) is 30.5 Å². The Hall–Kier alpha value is -1.02. The second-order valence-electron chi connectivity index (χ2n) is 4.75. The van der Waals surface area contributed by atoms with Crippen LogP contribution in [0.5, 0.6) is 5.75 Å². The fourth-order valence-electron chi connectivity index (χ4n) is 2.26. The Balaban J connectivity index is 2.09. The molecule has 88 valence electrons. The zero-order valence-corrected chi connectivity index (χ0v) is 10.2. The van der Waals surface area contributed by atoms with Gasteiger partial charge in [0.2, 0.25) is 0 Å². The third-order valence-corrected chi connectivity index (χ3v) is 3.22. The molecule has 0 amide bonds. The van der Waals surface area contributed by atoms with Crippen LogP contribution >= 0.6 is 0 Å². The smallest absolute Gasteiger partial charge is 0.123 e. The molecule has 2 nitrogen and oxygen atoms in total. The van der Waals surface area contributed by atoms with Crippen molar-refractivity contribution in [3.8, 4) is 5.75 Å². The summed E-state index contributed by atoms with van der Waals surface area (Å²) in [6, 6.07) is 6.58. The number of rotatable bonds is 4. The molecule has 2 atom stereocenters. The Morgan fingerprint density at radius 2 is 2.31 bits per heavy atom. The summed E-state index contributed by atoms with van der Waals surface area (Å²) in [6.45, 7) is 4.31. The van der Waals surface area contributed by atoms with E-state index in [2.05, 4.69) is 32.0 Å². The van der Waals surface area contributed by atoms with Crippen LogP contribution in [0.4, 0.5) is 0 Å². The van der Waals surface area contributed by atoms with E-state index < -0.39 is 0 Å². The Bertz CT molecular complexity index is 362. The van der Waals surface area contributed by atoms with E-state index in [0.717, 1.165) is 18.6 Å². The minimum Gasteiger partial charge on any atom is -0.490 e. The molecule has 1 aromatic carbocycles. The van der Waals surface area contributed by atoms with E-state index in [-0.39, 0.29) is 6.04 Å². The highest BCUT2D eigenvalue weighted by atomic mass is 16.5. The molecule has 1 heterocycles. The summed E-state index contributed by atoms with van der Waals surface area (Å²) in [4.78, 5) is 0. The van der Waals surface area contributed by atoms with Gasteiger partial charge >= 0.3 is 0 Å². The minimum atomic E-state index is 0.182. The molecule has 16 heavy (non-hydrogen) atoms. The normalized spacial score (nSPS) is 20.3. The van der Waals surface area contributed by atoms with Crippen molar-refractivity contribution < 1.29 is 4.74 Å². The molecular weight excluding hydrogens is 198 g/mol. The molecule has 0 aliphatic carbocycles. The molecular formula is C14H21NO. The van der Waals surface area contributed by atoms with Crippen LogP contribution < -0.4 is 10.5 Å². The molecule has 1 aromatic rings. The standard InChI is InChI=1S/C14H21NO/c1-3-4-5-13(15)11-6-7-14-12(9-11)8-10(2)16-14/h6-7,9-10,13H,3-5,8,15H2,1-2H3. The number of nitrogens with two attached hydrogens (primary N) is 1. The topological polar surface area (TPSA) is 35.2 Å². The quantitative estimate of drug-likeness (QED) is 0.844. The molecule has 0 saturated heterocycles. The second-order valence-corrected chi connectivity index (χ2v) is 4.75. The van der Waals surface area contributed by atoms with E-state index in [1.807, 2.05) is 0 Å². The molecule has 2 N–H and O–H groups in total. The highest BCUT2D eigenvalue weighted by molar-refractivity contribution is 5.41. The van der Waals surface area contributed by atoms with Crippen LogP contribution in [0.3, 0.4) is 0 Å². The van der Waals surface area contributed by atoms with E-state index >= 15 is 0 Å². The Morgan fingerprint density at radius 1 is 1.50 bits per heavy atom. The van der Waals surface area contributed by atoms with Gasteiger partial charge in [0.15, 0.2) is 0 Å².